The van der Waals surface area contributed by atoms with Gasteiger partial charge in [0.1, 0.15) is 5.75 Å². The number of rotatable bonds is 7. The number of halogens is 1. The van der Waals surface area contributed by atoms with Crippen LogP contribution in [0.4, 0.5) is 0 Å². The van der Waals surface area contributed by atoms with E-state index in [1.165, 1.54) is 0 Å². The average Bonchev–Trinajstić information content (AvgIpc) is 2.70. The molecule has 3 rings (SSSR count). The second kappa shape index (κ2) is 9.11. The second-order valence-corrected chi connectivity index (χ2v) is 15.1. The number of methoxy groups -OCH3 is 1. The summed E-state index contributed by atoms with van der Waals surface area (Å²) in [6.07, 6.45) is 0. The lowest BCUT2D eigenvalue weighted by Gasteiger charge is -2.42. The van der Waals surface area contributed by atoms with Crippen molar-refractivity contribution >= 4 is 35.2 Å². The molecule has 0 atom stereocenters. The first-order valence-electron chi connectivity index (χ1n) is 10.6. The van der Waals surface area contributed by atoms with Crippen LogP contribution in [0.5, 0.6) is 11.6 Å². The first-order chi connectivity index (χ1) is 14.2. The van der Waals surface area contributed by atoms with Crippen LogP contribution in [0.15, 0.2) is 53.0 Å². The lowest BCUT2D eigenvalue weighted by Crippen LogP contribution is -2.50. The topological polar surface area (TPSA) is 31.4 Å². The molecule has 0 bridgehead atoms. The van der Waals surface area contributed by atoms with E-state index >= 15 is 0 Å². The molecular weight excluding hydrogens is 454 g/mol. The van der Waals surface area contributed by atoms with Crippen LogP contribution in [0.25, 0.3) is 22.0 Å². The first kappa shape index (κ1) is 22.8. The van der Waals surface area contributed by atoms with Gasteiger partial charge in [0, 0.05) is 15.9 Å². The predicted octanol–water partition coefficient (Wildman–Crippen LogP) is 8.23. The van der Waals surface area contributed by atoms with Gasteiger partial charge in [-0.1, -0.05) is 69.6 Å². The summed E-state index contributed by atoms with van der Waals surface area (Å²) >= 11 is 3.60. The molecule has 0 saturated heterocycles. The molecule has 0 aliphatic rings. The zero-order valence-corrected chi connectivity index (χ0v) is 21.6. The Morgan fingerprint density at radius 3 is 2.13 bits per heavy atom. The van der Waals surface area contributed by atoms with Crippen LogP contribution < -0.4 is 9.16 Å². The van der Waals surface area contributed by atoms with E-state index in [1.54, 1.807) is 7.11 Å². The molecule has 1 aromatic heterocycles. The summed E-state index contributed by atoms with van der Waals surface area (Å²) in [5.74, 6) is 1.57. The van der Waals surface area contributed by atoms with Gasteiger partial charge in [-0.25, -0.2) is 4.98 Å². The summed E-state index contributed by atoms with van der Waals surface area (Å²) in [5.41, 5.74) is 4.69. The SMILES string of the molecule is COc1cc(-c2cccc(O[Si](C(C)C)(C(C)C)C(C)C)c2)c2cc(Br)ccc2n1. The molecule has 0 unspecified atom stereocenters. The zero-order valence-electron chi connectivity index (χ0n) is 19.0. The summed E-state index contributed by atoms with van der Waals surface area (Å²) in [7, 11) is -0.360. The summed E-state index contributed by atoms with van der Waals surface area (Å²) in [6.45, 7) is 13.9. The fraction of sp³-hybridized carbons (Fsp3) is 0.400. The maximum Gasteiger partial charge on any atom is 0.258 e. The van der Waals surface area contributed by atoms with E-state index in [9.17, 15) is 0 Å². The molecule has 1 heterocycles. The summed E-state index contributed by atoms with van der Waals surface area (Å²) in [4.78, 5) is 4.60. The fourth-order valence-electron chi connectivity index (χ4n) is 4.80. The standard InChI is InChI=1S/C25H32BrNO2Si/c1-16(2)30(17(3)4,18(5)6)29-21-10-8-9-19(13-21)22-15-25(28-7)27-24-12-11-20(26)14-23(22)24/h8-18H,1-7H3. The van der Waals surface area contributed by atoms with E-state index < -0.39 is 8.32 Å². The van der Waals surface area contributed by atoms with Crippen LogP contribution in [0, 0.1) is 0 Å². The van der Waals surface area contributed by atoms with Crippen LogP contribution >= 0.6 is 15.9 Å². The molecular formula is C25H32BrNO2Si. The molecule has 0 amide bonds. The largest absolute Gasteiger partial charge is 0.543 e. The molecule has 160 valence electrons. The van der Waals surface area contributed by atoms with Gasteiger partial charge in [-0.2, -0.15) is 0 Å². The highest BCUT2D eigenvalue weighted by Crippen LogP contribution is 2.43. The smallest absolute Gasteiger partial charge is 0.258 e. The van der Waals surface area contributed by atoms with Crippen molar-refractivity contribution in [1.29, 1.82) is 0 Å². The molecule has 3 aromatic rings. The van der Waals surface area contributed by atoms with Crippen molar-refractivity contribution in [2.24, 2.45) is 0 Å². The van der Waals surface area contributed by atoms with Crippen molar-refractivity contribution in [2.45, 2.75) is 58.2 Å². The first-order valence-corrected chi connectivity index (χ1v) is 13.6. The Labute approximate surface area is 190 Å². The van der Waals surface area contributed by atoms with Crippen LogP contribution in [0.3, 0.4) is 0 Å². The van der Waals surface area contributed by atoms with Gasteiger partial charge in [0.2, 0.25) is 5.88 Å². The van der Waals surface area contributed by atoms with Crippen molar-refractivity contribution in [3.05, 3.63) is 53.0 Å². The highest BCUT2D eigenvalue weighted by Gasteiger charge is 2.47. The van der Waals surface area contributed by atoms with Crippen LogP contribution in [-0.4, -0.2) is 20.4 Å². The maximum absolute atomic E-state index is 6.92. The number of nitrogens with zero attached hydrogens (tertiary/aromatic N) is 1. The number of hydrogen-bond donors (Lipinski definition) is 0. The van der Waals surface area contributed by atoms with Crippen molar-refractivity contribution in [3.8, 4) is 22.8 Å². The van der Waals surface area contributed by atoms with Crippen molar-refractivity contribution in [3.63, 3.8) is 0 Å². The Balaban J connectivity index is 2.13. The van der Waals surface area contributed by atoms with Crippen molar-refractivity contribution < 1.29 is 9.16 Å². The zero-order chi connectivity index (χ0) is 22.1. The minimum absolute atomic E-state index is 0.527. The van der Waals surface area contributed by atoms with Crippen LogP contribution in [0.2, 0.25) is 16.6 Å². The third-order valence-electron chi connectivity index (χ3n) is 6.10. The minimum atomic E-state index is -2.02. The van der Waals surface area contributed by atoms with E-state index in [4.69, 9.17) is 9.16 Å². The Bertz CT molecular complexity index is 1010. The van der Waals surface area contributed by atoms with Gasteiger partial charge in [-0.15, -0.1) is 0 Å². The van der Waals surface area contributed by atoms with Gasteiger partial charge in [0.05, 0.1) is 12.6 Å². The monoisotopic (exact) mass is 485 g/mol. The Hall–Kier alpha value is -1.85. The van der Waals surface area contributed by atoms with E-state index in [1.807, 2.05) is 18.2 Å². The third kappa shape index (κ3) is 4.28. The maximum atomic E-state index is 6.92. The van der Waals surface area contributed by atoms with Gasteiger partial charge >= 0.3 is 0 Å². The van der Waals surface area contributed by atoms with Gasteiger partial charge in [-0.3, -0.25) is 0 Å². The fourth-order valence-corrected chi connectivity index (χ4v) is 10.4. The lowest BCUT2D eigenvalue weighted by molar-refractivity contribution is 0.400. The number of hydrogen-bond acceptors (Lipinski definition) is 3. The van der Waals surface area contributed by atoms with Crippen molar-refractivity contribution in [2.75, 3.05) is 7.11 Å². The summed E-state index contributed by atoms with van der Waals surface area (Å²) < 4.78 is 13.4. The second-order valence-electron chi connectivity index (χ2n) is 8.82. The van der Waals surface area contributed by atoms with Crippen molar-refractivity contribution in [1.82, 2.24) is 4.98 Å². The minimum Gasteiger partial charge on any atom is -0.543 e. The quantitative estimate of drug-likeness (QED) is 0.315. The van der Waals surface area contributed by atoms with Gasteiger partial charge in [-0.05, 0) is 58.1 Å². The highest BCUT2D eigenvalue weighted by molar-refractivity contribution is 9.10. The number of pyridine rings is 1. The molecule has 2 aromatic carbocycles. The number of aromatic nitrogens is 1. The number of benzene rings is 2. The highest BCUT2D eigenvalue weighted by atomic mass is 79.9. The molecule has 0 fully saturated rings. The molecule has 0 N–H and O–H groups in total. The predicted molar refractivity (Wildman–Crippen MR) is 133 cm³/mol. The van der Waals surface area contributed by atoms with Gasteiger partial charge in [0.15, 0.2) is 0 Å². The Kier molecular flexibility index (Phi) is 6.93. The molecule has 0 saturated carbocycles. The molecule has 0 aliphatic carbocycles. The van der Waals surface area contributed by atoms with Crippen LogP contribution in [0.1, 0.15) is 41.5 Å². The molecule has 0 spiro atoms. The Morgan fingerprint density at radius 1 is 0.867 bits per heavy atom. The summed E-state index contributed by atoms with van der Waals surface area (Å²) in [5, 5.41) is 1.09. The molecule has 30 heavy (non-hydrogen) atoms. The molecule has 5 heteroatoms. The van der Waals surface area contributed by atoms with E-state index in [0.717, 1.165) is 32.3 Å². The number of fused-ring (bicyclic) bond motifs is 1. The summed E-state index contributed by atoms with van der Waals surface area (Å²) in [6, 6.07) is 16.6. The van der Waals surface area contributed by atoms with E-state index in [0.29, 0.717) is 22.5 Å². The van der Waals surface area contributed by atoms with E-state index in [2.05, 4.69) is 92.8 Å². The van der Waals surface area contributed by atoms with Gasteiger partial charge in [0.25, 0.3) is 8.32 Å². The average molecular weight is 487 g/mol. The molecule has 3 nitrogen and oxygen atoms in total. The number of ether oxygens (including phenoxy) is 1. The normalized spacial score (nSPS) is 12.2. The third-order valence-corrected chi connectivity index (χ3v) is 12.6. The van der Waals surface area contributed by atoms with Crippen LogP contribution in [-0.2, 0) is 0 Å². The molecule has 0 aliphatic heterocycles. The Morgan fingerprint density at radius 2 is 1.53 bits per heavy atom. The lowest BCUT2D eigenvalue weighted by atomic mass is 10.0. The van der Waals surface area contributed by atoms with E-state index in [-0.39, 0.29) is 0 Å². The molecule has 0 radical (unpaired) electrons. The van der Waals surface area contributed by atoms with Gasteiger partial charge < -0.3 is 9.16 Å².